The number of aromatic nitrogens is 6. The predicted molar refractivity (Wildman–Crippen MR) is 64.6 cm³/mol. The van der Waals surface area contributed by atoms with Gasteiger partial charge in [0.15, 0.2) is 5.82 Å². The van der Waals surface area contributed by atoms with E-state index in [0.29, 0.717) is 18.6 Å². The maximum atomic E-state index is 4.19. The van der Waals surface area contributed by atoms with E-state index < -0.39 is 0 Å². The monoisotopic (exact) mass is 247 g/mol. The predicted octanol–water partition coefficient (Wildman–Crippen LogP) is 0.383. The minimum atomic E-state index is 0.328. The highest BCUT2D eigenvalue weighted by atomic mass is 15.6. The van der Waals surface area contributed by atoms with Gasteiger partial charge in [0.1, 0.15) is 0 Å². The van der Waals surface area contributed by atoms with Gasteiger partial charge in [0.05, 0.1) is 19.1 Å². The second kappa shape index (κ2) is 4.85. The average Bonchev–Trinajstić information content (AvgIpc) is 2.90. The van der Waals surface area contributed by atoms with Crippen molar-refractivity contribution >= 4 is 0 Å². The first kappa shape index (κ1) is 11.3. The van der Waals surface area contributed by atoms with Crippen molar-refractivity contribution in [3.8, 4) is 0 Å². The first-order chi connectivity index (χ1) is 8.83. The van der Waals surface area contributed by atoms with Crippen LogP contribution >= 0.6 is 0 Å². The summed E-state index contributed by atoms with van der Waals surface area (Å²) in [5, 5.41) is 19.4. The molecule has 1 aliphatic carbocycles. The molecule has 3 rings (SSSR count). The van der Waals surface area contributed by atoms with Gasteiger partial charge in [-0.1, -0.05) is 0 Å². The highest BCUT2D eigenvalue weighted by molar-refractivity contribution is 4.90. The molecule has 1 saturated carbocycles. The quantitative estimate of drug-likeness (QED) is 0.799. The van der Waals surface area contributed by atoms with Crippen molar-refractivity contribution in [1.82, 2.24) is 35.3 Å². The van der Waals surface area contributed by atoms with Gasteiger partial charge >= 0.3 is 0 Å². The molecule has 96 valence electrons. The van der Waals surface area contributed by atoms with E-state index in [1.165, 1.54) is 12.8 Å². The van der Waals surface area contributed by atoms with E-state index in [1.807, 2.05) is 21.6 Å². The summed E-state index contributed by atoms with van der Waals surface area (Å²) in [6.07, 6.45) is 6.15. The minimum absolute atomic E-state index is 0.328. The maximum Gasteiger partial charge on any atom is 0.165 e. The van der Waals surface area contributed by atoms with Gasteiger partial charge in [0.25, 0.3) is 0 Å². The molecule has 0 spiro atoms. The second-order valence-corrected chi connectivity index (χ2v) is 4.78. The smallest absolute Gasteiger partial charge is 0.165 e. The zero-order chi connectivity index (χ0) is 12.4. The molecule has 1 fully saturated rings. The molecule has 2 aromatic heterocycles. The number of hydrogen-bond acceptors (Lipinski definition) is 5. The Morgan fingerprint density at radius 1 is 1.50 bits per heavy atom. The van der Waals surface area contributed by atoms with Crippen molar-refractivity contribution in [3.05, 3.63) is 24.3 Å². The van der Waals surface area contributed by atoms with E-state index in [4.69, 9.17) is 0 Å². The van der Waals surface area contributed by atoms with E-state index in [2.05, 4.69) is 32.9 Å². The Labute approximate surface area is 105 Å². The third kappa shape index (κ3) is 2.56. The molecule has 1 unspecified atom stereocenters. The van der Waals surface area contributed by atoms with E-state index >= 15 is 0 Å². The summed E-state index contributed by atoms with van der Waals surface area (Å²) in [6, 6.07) is 2.79. The second-order valence-electron chi connectivity index (χ2n) is 4.78. The maximum absolute atomic E-state index is 4.19. The molecular formula is C11H17N7. The third-order valence-electron chi connectivity index (χ3n) is 3.08. The van der Waals surface area contributed by atoms with Gasteiger partial charge in [-0.3, -0.25) is 4.68 Å². The Kier molecular flexibility index (Phi) is 3.06. The molecule has 18 heavy (non-hydrogen) atoms. The van der Waals surface area contributed by atoms with Crippen LogP contribution in [0.1, 0.15) is 31.6 Å². The van der Waals surface area contributed by atoms with E-state index in [-0.39, 0.29) is 0 Å². The molecule has 0 aromatic carbocycles. The Balaban J connectivity index is 1.52. The largest absolute Gasteiger partial charge is 0.305 e. The lowest BCUT2D eigenvalue weighted by molar-refractivity contribution is 0.436. The number of nitrogens with one attached hydrogen (secondary N) is 1. The minimum Gasteiger partial charge on any atom is -0.305 e. The molecule has 2 aromatic rings. The summed E-state index contributed by atoms with van der Waals surface area (Å²) in [5.41, 5.74) is 0. The van der Waals surface area contributed by atoms with Crippen molar-refractivity contribution in [2.24, 2.45) is 0 Å². The van der Waals surface area contributed by atoms with Crippen molar-refractivity contribution in [3.63, 3.8) is 0 Å². The summed E-state index contributed by atoms with van der Waals surface area (Å²) in [7, 11) is 0. The molecule has 7 heteroatoms. The molecule has 2 heterocycles. The topological polar surface area (TPSA) is 73.5 Å². The third-order valence-corrected chi connectivity index (χ3v) is 3.08. The molecule has 0 bridgehead atoms. The summed E-state index contributed by atoms with van der Waals surface area (Å²) in [5.74, 6) is 0.921. The standard InChI is InChI=1S/C11H17N7/c1-9(8-17-6-2-5-13-17)12-7-11-14-15-16-18(11)10-3-4-10/h2,5-6,9-10,12H,3-4,7-8H2,1H3. The van der Waals surface area contributed by atoms with Crippen molar-refractivity contribution < 1.29 is 0 Å². The summed E-state index contributed by atoms with van der Waals surface area (Å²) in [4.78, 5) is 0. The van der Waals surface area contributed by atoms with Crippen molar-refractivity contribution in [2.75, 3.05) is 0 Å². The Morgan fingerprint density at radius 2 is 2.39 bits per heavy atom. The highest BCUT2D eigenvalue weighted by Crippen LogP contribution is 2.34. The number of hydrogen-bond donors (Lipinski definition) is 1. The fourth-order valence-electron chi connectivity index (χ4n) is 1.95. The molecule has 7 nitrogen and oxygen atoms in total. The molecule has 1 atom stereocenters. The Bertz CT molecular complexity index is 485. The fraction of sp³-hybridized carbons (Fsp3) is 0.636. The van der Waals surface area contributed by atoms with Gasteiger partial charge in [-0.2, -0.15) is 5.10 Å². The van der Waals surface area contributed by atoms with Gasteiger partial charge in [-0.05, 0) is 36.3 Å². The lowest BCUT2D eigenvalue weighted by Crippen LogP contribution is -2.31. The highest BCUT2D eigenvalue weighted by Gasteiger charge is 2.27. The zero-order valence-electron chi connectivity index (χ0n) is 10.4. The average molecular weight is 247 g/mol. The van der Waals surface area contributed by atoms with E-state index in [9.17, 15) is 0 Å². The summed E-state index contributed by atoms with van der Waals surface area (Å²) < 4.78 is 3.86. The van der Waals surface area contributed by atoms with Gasteiger partial charge in [0, 0.05) is 18.4 Å². The van der Waals surface area contributed by atoms with Crippen LogP contribution in [-0.2, 0) is 13.1 Å². The fourth-order valence-corrected chi connectivity index (χ4v) is 1.95. The summed E-state index contributed by atoms with van der Waals surface area (Å²) >= 11 is 0. The molecular weight excluding hydrogens is 230 g/mol. The lowest BCUT2D eigenvalue weighted by Gasteiger charge is -2.13. The summed E-state index contributed by atoms with van der Waals surface area (Å²) in [6.45, 7) is 3.68. The Hall–Kier alpha value is -1.76. The van der Waals surface area contributed by atoms with Crippen molar-refractivity contribution in [1.29, 1.82) is 0 Å². The lowest BCUT2D eigenvalue weighted by atomic mass is 10.3. The zero-order valence-corrected chi connectivity index (χ0v) is 10.4. The van der Waals surface area contributed by atoms with Crippen LogP contribution in [0.25, 0.3) is 0 Å². The van der Waals surface area contributed by atoms with Gasteiger partial charge in [-0.25, -0.2) is 4.68 Å². The Morgan fingerprint density at radius 3 is 3.11 bits per heavy atom. The van der Waals surface area contributed by atoms with E-state index in [0.717, 1.165) is 12.4 Å². The normalized spacial score (nSPS) is 16.9. The van der Waals surface area contributed by atoms with Crippen LogP contribution in [0.4, 0.5) is 0 Å². The number of rotatable bonds is 6. The van der Waals surface area contributed by atoms with Gasteiger partial charge in [0.2, 0.25) is 0 Å². The van der Waals surface area contributed by atoms with Gasteiger partial charge < -0.3 is 5.32 Å². The van der Waals surface area contributed by atoms with Gasteiger partial charge in [-0.15, -0.1) is 5.10 Å². The van der Waals surface area contributed by atoms with Crippen LogP contribution in [0.2, 0.25) is 0 Å². The van der Waals surface area contributed by atoms with Crippen LogP contribution in [0, 0.1) is 0 Å². The molecule has 1 aliphatic rings. The molecule has 0 amide bonds. The van der Waals surface area contributed by atoms with Crippen LogP contribution in [0.5, 0.6) is 0 Å². The van der Waals surface area contributed by atoms with E-state index in [1.54, 1.807) is 6.20 Å². The van der Waals surface area contributed by atoms with Crippen molar-refractivity contribution in [2.45, 2.75) is 44.9 Å². The molecule has 0 saturated heterocycles. The molecule has 0 aliphatic heterocycles. The SMILES string of the molecule is CC(Cn1cccn1)NCc1nnnn1C1CC1. The number of nitrogens with zero attached hydrogens (tertiary/aromatic N) is 6. The first-order valence-corrected chi connectivity index (χ1v) is 6.30. The van der Waals surface area contributed by atoms with Crippen LogP contribution in [0.3, 0.4) is 0 Å². The number of tetrazole rings is 1. The van der Waals surface area contributed by atoms with Crippen LogP contribution in [-0.4, -0.2) is 36.0 Å². The van der Waals surface area contributed by atoms with Crippen LogP contribution < -0.4 is 5.32 Å². The van der Waals surface area contributed by atoms with Crippen LogP contribution in [0.15, 0.2) is 18.5 Å². The molecule has 0 radical (unpaired) electrons. The molecule has 1 N–H and O–H groups in total. The first-order valence-electron chi connectivity index (χ1n) is 6.30.